The van der Waals surface area contributed by atoms with Gasteiger partial charge in [-0.3, -0.25) is 4.79 Å². The molecule has 1 aliphatic rings. The quantitative estimate of drug-likeness (QED) is 0.593. The van der Waals surface area contributed by atoms with Crippen molar-refractivity contribution in [3.05, 3.63) is 65.2 Å². The number of hydrogen-bond acceptors (Lipinski definition) is 2. The van der Waals surface area contributed by atoms with Crippen LogP contribution >= 0.6 is 23.4 Å². The van der Waals surface area contributed by atoms with Gasteiger partial charge in [0, 0.05) is 23.0 Å². The molecule has 0 radical (unpaired) electrons. The normalized spacial score (nSPS) is 16.5. The maximum absolute atomic E-state index is 12.9. The lowest BCUT2D eigenvalue weighted by atomic mass is 9.90. The highest BCUT2D eigenvalue weighted by atomic mass is 35.5. The maximum atomic E-state index is 12.9. The zero-order chi connectivity index (χ0) is 18.4. The van der Waals surface area contributed by atoms with Crippen LogP contribution in [-0.4, -0.2) is 29.1 Å². The molecular formula is C22H26ClNOS. The van der Waals surface area contributed by atoms with E-state index in [1.165, 1.54) is 5.56 Å². The fourth-order valence-corrected chi connectivity index (χ4v) is 4.66. The average molecular weight is 388 g/mol. The average Bonchev–Trinajstić information content (AvgIpc) is 2.68. The van der Waals surface area contributed by atoms with E-state index >= 15 is 0 Å². The number of halogens is 1. The minimum atomic E-state index is -0.0122. The largest absolute Gasteiger partial charge is 0.342 e. The van der Waals surface area contributed by atoms with E-state index in [-0.39, 0.29) is 11.2 Å². The van der Waals surface area contributed by atoms with E-state index in [1.807, 2.05) is 24.3 Å². The second kappa shape index (κ2) is 9.48. The minimum absolute atomic E-state index is 0.0122. The summed E-state index contributed by atoms with van der Waals surface area (Å²) < 4.78 is 0. The summed E-state index contributed by atoms with van der Waals surface area (Å²) in [6, 6.07) is 18.4. The molecule has 4 heteroatoms. The lowest BCUT2D eigenvalue weighted by molar-refractivity contribution is -0.132. The molecule has 1 heterocycles. The zero-order valence-electron chi connectivity index (χ0n) is 15.2. The van der Waals surface area contributed by atoms with Gasteiger partial charge in [0.15, 0.2) is 0 Å². The van der Waals surface area contributed by atoms with Crippen LogP contribution in [-0.2, 0) is 11.2 Å². The first-order valence-electron chi connectivity index (χ1n) is 9.40. The van der Waals surface area contributed by atoms with Crippen molar-refractivity contribution in [3.8, 4) is 0 Å². The van der Waals surface area contributed by atoms with Gasteiger partial charge in [0.05, 0.1) is 5.25 Å². The number of thioether (sulfide) groups is 1. The molecular weight excluding hydrogens is 362 g/mol. The Morgan fingerprint density at radius 3 is 2.38 bits per heavy atom. The van der Waals surface area contributed by atoms with E-state index in [4.69, 9.17) is 11.6 Å². The molecule has 0 unspecified atom stereocenters. The van der Waals surface area contributed by atoms with E-state index in [0.717, 1.165) is 48.7 Å². The van der Waals surface area contributed by atoms with Gasteiger partial charge in [-0.25, -0.2) is 0 Å². The highest BCUT2D eigenvalue weighted by molar-refractivity contribution is 8.00. The Hall–Kier alpha value is -1.45. The van der Waals surface area contributed by atoms with Crippen LogP contribution in [0.25, 0.3) is 0 Å². The number of hydrogen-bond donors (Lipinski definition) is 0. The number of carbonyl (C=O) groups is 1. The topological polar surface area (TPSA) is 20.3 Å². The summed E-state index contributed by atoms with van der Waals surface area (Å²) in [5, 5.41) is 0.719. The van der Waals surface area contributed by atoms with Crippen LogP contribution in [0.3, 0.4) is 0 Å². The monoisotopic (exact) mass is 387 g/mol. The lowest BCUT2D eigenvalue weighted by Crippen LogP contribution is -2.43. The first-order valence-corrected chi connectivity index (χ1v) is 10.7. The van der Waals surface area contributed by atoms with E-state index < -0.39 is 0 Å². The first-order chi connectivity index (χ1) is 12.7. The summed E-state index contributed by atoms with van der Waals surface area (Å²) in [7, 11) is 0. The molecule has 0 aromatic heterocycles. The molecule has 138 valence electrons. The number of nitrogens with zero attached hydrogens (tertiary/aromatic N) is 1. The molecule has 1 fully saturated rings. The SMILES string of the molecule is CC[C@H](Sc1ccc(Cl)cc1)C(=O)N1CCC(Cc2ccccc2)CC1. The van der Waals surface area contributed by atoms with Gasteiger partial charge in [0.25, 0.3) is 0 Å². The highest BCUT2D eigenvalue weighted by Gasteiger charge is 2.28. The number of carbonyl (C=O) groups excluding carboxylic acids is 1. The number of amides is 1. The molecule has 0 bridgehead atoms. The van der Waals surface area contributed by atoms with Crippen molar-refractivity contribution >= 4 is 29.3 Å². The van der Waals surface area contributed by atoms with E-state index in [9.17, 15) is 4.79 Å². The third-order valence-electron chi connectivity index (χ3n) is 5.03. The van der Waals surface area contributed by atoms with Gasteiger partial charge in [-0.2, -0.15) is 0 Å². The van der Waals surface area contributed by atoms with Crippen molar-refractivity contribution < 1.29 is 4.79 Å². The molecule has 26 heavy (non-hydrogen) atoms. The minimum Gasteiger partial charge on any atom is -0.342 e. The fourth-order valence-electron chi connectivity index (χ4n) is 3.49. The number of piperidine rings is 1. The Labute approximate surface area is 165 Å². The second-order valence-corrected chi connectivity index (χ2v) is 8.64. The molecule has 1 saturated heterocycles. The molecule has 1 aliphatic heterocycles. The summed E-state index contributed by atoms with van der Waals surface area (Å²) in [6.07, 6.45) is 4.17. The molecule has 3 rings (SSSR count). The van der Waals surface area contributed by atoms with Crippen molar-refractivity contribution in [1.82, 2.24) is 4.90 Å². The van der Waals surface area contributed by atoms with Crippen molar-refractivity contribution in [3.63, 3.8) is 0 Å². The van der Waals surface area contributed by atoms with Crippen LogP contribution in [0.4, 0.5) is 0 Å². The smallest absolute Gasteiger partial charge is 0.236 e. The van der Waals surface area contributed by atoms with Gasteiger partial charge in [-0.15, -0.1) is 11.8 Å². The fraction of sp³-hybridized carbons (Fsp3) is 0.409. The van der Waals surface area contributed by atoms with E-state index in [1.54, 1.807) is 11.8 Å². The molecule has 0 N–H and O–H groups in total. The molecule has 0 aliphatic carbocycles. The maximum Gasteiger partial charge on any atom is 0.236 e. The van der Waals surface area contributed by atoms with Crippen molar-refractivity contribution in [2.24, 2.45) is 5.92 Å². The summed E-state index contributed by atoms with van der Waals surface area (Å²) in [5.41, 5.74) is 1.40. The molecule has 0 spiro atoms. The Balaban J connectivity index is 1.52. The molecule has 2 aromatic carbocycles. The Kier molecular flexibility index (Phi) is 7.04. The van der Waals surface area contributed by atoms with Gasteiger partial charge in [-0.05, 0) is 61.4 Å². The van der Waals surface area contributed by atoms with E-state index in [0.29, 0.717) is 5.92 Å². The van der Waals surface area contributed by atoms with Crippen LogP contribution in [0.1, 0.15) is 31.7 Å². The summed E-state index contributed by atoms with van der Waals surface area (Å²) in [4.78, 5) is 16.1. The number of rotatable bonds is 6. The van der Waals surface area contributed by atoms with Crippen LogP contribution in [0.15, 0.2) is 59.5 Å². The van der Waals surface area contributed by atoms with Crippen molar-refractivity contribution in [2.75, 3.05) is 13.1 Å². The molecule has 0 saturated carbocycles. The highest BCUT2D eigenvalue weighted by Crippen LogP contribution is 2.30. The molecule has 1 atom stereocenters. The first kappa shape index (κ1) is 19.3. The summed E-state index contributed by atoms with van der Waals surface area (Å²) in [6.45, 7) is 3.86. The van der Waals surface area contributed by atoms with Crippen molar-refractivity contribution in [1.29, 1.82) is 0 Å². The summed E-state index contributed by atoms with van der Waals surface area (Å²) >= 11 is 7.61. The second-order valence-electron chi connectivity index (χ2n) is 6.93. The number of likely N-dealkylation sites (tertiary alicyclic amines) is 1. The van der Waals surface area contributed by atoms with E-state index in [2.05, 4.69) is 42.2 Å². The Morgan fingerprint density at radius 2 is 1.77 bits per heavy atom. The van der Waals surface area contributed by atoms with Crippen LogP contribution < -0.4 is 0 Å². The molecule has 2 nitrogen and oxygen atoms in total. The van der Waals surface area contributed by atoms with Gasteiger partial charge < -0.3 is 4.90 Å². The van der Waals surface area contributed by atoms with Crippen LogP contribution in [0, 0.1) is 5.92 Å². The third-order valence-corrected chi connectivity index (χ3v) is 6.65. The van der Waals surface area contributed by atoms with Gasteiger partial charge in [-0.1, -0.05) is 48.9 Å². The lowest BCUT2D eigenvalue weighted by Gasteiger charge is -2.34. The predicted molar refractivity (Wildman–Crippen MR) is 111 cm³/mol. The standard InChI is InChI=1S/C22H26ClNOS/c1-2-21(26-20-10-8-19(23)9-11-20)22(25)24-14-12-18(13-15-24)16-17-6-4-3-5-7-17/h3-11,18,21H,2,12-16H2,1H3/t21-/m0/s1. The molecule has 1 amide bonds. The van der Waals surface area contributed by atoms with Crippen molar-refractivity contribution in [2.45, 2.75) is 42.8 Å². The molecule has 2 aromatic rings. The predicted octanol–water partition coefficient (Wildman–Crippen LogP) is 5.69. The zero-order valence-corrected chi connectivity index (χ0v) is 16.8. The van der Waals surface area contributed by atoms with Gasteiger partial charge >= 0.3 is 0 Å². The Morgan fingerprint density at radius 1 is 1.12 bits per heavy atom. The van der Waals surface area contributed by atoms with Crippen LogP contribution in [0.2, 0.25) is 5.02 Å². The summed E-state index contributed by atoms with van der Waals surface area (Å²) in [5.74, 6) is 0.969. The third kappa shape index (κ3) is 5.28. The van der Waals surface area contributed by atoms with Gasteiger partial charge in [0.1, 0.15) is 0 Å². The Bertz CT molecular complexity index is 696. The number of benzene rings is 2. The van der Waals surface area contributed by atoms with Crippen LogP contribution in [0.5, 0.6) is 0 Å². The van der Waals surface area contributed by atoms with Gasteiger partial charge in [0.2, 0.25) is 5.91 Å².